The Morgan fingerprint density at radius 2 is 2.21 bits per heavy atom. The third kappa shape index (κ3) is 4.81. The topological polar surface area (TPSA) is 140 Å². The molecule has 1 spiro atoms. The number of likely N-dealkylation sites (tertiary alicyclic amines) is 1. The molecule has 3 aliphatic rings. The van der Waals surface area contributed by atoms with Crippen LogP contribution in [0.25, 0.3) is 11.0 Å². The molecule has 6 rings (SSSR count). The van der Waals surface area contributed by atoms with Gasteiger partial charge >= 0.3 is 6.09 Å². The summed E-state index contributed by atoms with van der Waals surface area (Å²) in [5.41, 5.74) is 8.62. The fraction of sp³-hybridized carbons (Fsp3) is 0.357. The van der Waals surface area contributed by atoms with Crippen LogP contribution in [0.5, 0.6) is 5.75 Å². The molecule has 4 N–H and O–H groups in total. The molecule has 2 fully saturated rings. The molecule has 0 aliphatic carbocycles. The van der Waals surface area contributed by atoms with Crippen LogP contribution in [0.4, 0.5) is 10.6 Å². The van der Waals surface area contributed by atoms with Gasteiger partial charge in [-0.05, 0) is 43.5 Å². The van der Waals surface area contributed by atoms with Crippen molar-refractivity contribution in [1.82, 2.24) is 19.9 Å². The van der Waals surface area contributed by atoms with Crippen molar-refractivity contribution >= 4 is 29.3 Å². The predicted molar refractivity (Wildman–Crippen MR) is 146 cm³/mol. The number of allylic oxidation sites excluding steroid dienone is 1. The highest BCUT2D eigenvalue weighted by atomic mass is 16.6. The van der Waals surface area contributed by atoms with E-state index in [0.717, 1.165) is 47.4 Å². The number of aromatic nitrogens is 3. The van der Waals surface area contributed by atoms with Gasteiger partial charge < -0.3 is 29.8 Å². The zero-order chi connectivity index (χ0) is 27.0. The summed E-state index contributed by atoms with van der Waals surface area (Å²) in [7, 11) is 0. The van der Waals surface area contributed by atoms with E-state index in [1.54, 1.807) is 12.3 Å². The molecule has 39 heavy (non-hydrogen) atoms. The van der Waals surface area contributed by atoms with Gasteiger partial charge in [0.1, 0.15) is 40.7 Å². The van der Waals surface area contributed by atoms with Gasteiger partial charge in [-0.25, -0.2) is 19.8 Å². The molecule has 3 aromatic rings. The number of ether oxygens (including phenoxy) is 3. The van der Waals surface area contributed by atoms with Crippen LogP contribution in [0.15, 0.2) is 59.7 Å². The number of carbonyl (C=O) groups is 1. The summed E-state index contributed by atoms with van der Waals surface area (Å²) in [6, 6.07) is 7.66. The highest BCUT2D eigenvalue weighted by Gasteiger charge is 2.45. The number of fused-ring (bicyclic) bond motifs is 3. The van der Waals surface area contributed by atoms with Crippen LogP contribution < -0.4 is 15.8 Å². The number of nitrogens with zero attached hydrogens (tertiary/aromatic N) is 4. The summed E-state index contributed by atoms with van der Waals surface area (Å²) < 4.78 is 17.7. The number of aromatic amines is 1. The minimum Gasteiger partial charge on any atom is -0.458 e. The van der Waals surface area contributed by atoms with Crippen molar-refractivity contribution in [2.45, 2.75) is 44.3 Å². The van der Waals surface area contributed by atoms with Gasteiger partial charge in [0.2, 0.25) is 0 Å². The highest BCUT2D eigenvalue weighted by Crippen LogP contribution is 2.43. The Morgan fingerprint density at radius 3 is 2.97 bits per heavy atom. The number of H-pyrrole nitrogens is 1. The van der Waals surface area contributed by atoms with Crippen LogP contribution in [0, 0.1) is 6.92 Å². The Kier molecular flexibility index (Phi) is 6.43. The number of carbonyl (C=O) groups excluding carboxylic acids is 1. The van der Waals surface area contributed by atoms with Crippen molar-refractivity contribution in [2.75, 3.05) is 25.0 Å². The second kappa shape index (κ2) is 10.1. The summed E-state index contributed by atoms with van der Waals surface area (Å²) in [5.74, 6) is 3.07. The number of amides is 1. The number of nitrogens with one attached hydrogen (secondary N) is 2. The van der Waals surface area contributed by atoms with E-state index >= 15 is 0 Å². The van der Waals surface area contributed by atoms with Crippen molar-refractivity contribution < 1.29 is 19.0 Å². The number of rotatable bonds is 6. The van der Waals surface area contributed by atoms with Crippen LogP contribution in [0.2, 0.25) is 0 Å². The summed E-state index contributed by atoms with van der Waals surface area (Å²) in [4.78, 5) is 31.1. The molecule has 3 aliphatic heterocycles. The average molecular weight is 530 g/mol. The number of benzene rings is 1. The number of aryl methyl sites for hydroxylation is 1. The van der Waals surface area contributed by atoms with Gasteiger partial charge in [0.15, 0.2) is 0 Å². The number of hydrogen-bond acceptors (Lipinski definition) is 8. The van der Waals surface area contributed by atoms with Crippen LogP contribution in [0.3, 0.4) is 0 Å². The lowest BCUT2D eigenvalue weighted by atomic mass is 9.83. The Labute approximate surface area is 225 Å². The minimum atomic E-state index is -0.729. The fourth-order valence-corrected chi connectivity index (χ4v) is 5.59. The molecule has 11 heteroatoms. The van der Waals surface area contributed by atoms with E-state index in [0.29, 0.717) is 49.1 Å². The fourth-order valence-electron chi connectivity index (χ4n) is 5.59. The van der Waals surface area contributed by atoms with E-state index < -0.39 is 11.7 Å². The van der Waals surface area contributed by atoms with E-state index in [1.165, 1.54) is 6.34 Å². The lowest BCUT2D eigenvalue weighted by Gasteiger charge is -2.44. The maximum Gasteiger partial charge on any atom is 0.413 e. The molecule has 5 heterocycles. The molecule has 0 radical (unpaired) electrons. The lowest BCUT2D eigenvalue weighted by molar-refractivity contribution is -0.0325. The maximum absolute atomic E-state index is 12.2. The monoisotopic (exact) mass is 529 g/mol. The molecule has 2 aromatic heterocycles. The Hall–Kier alpha value is -4.38. The van der Waals surface area contributed by atoms with E-state index in [4.69, 9.17) is 24.9 Å². The number of pyridine rings is 1. The molecule has 2 saturated heterocycles. The molecular weight excluding hydrogens is 498 g/mol. The zero-order valence-corrected chi connectivity index (χ0v) is 21.8. The van der Waals surface area contributed by atoms with Crippen molar-refractivity contribution in [3.05, 3.63) is 71.6 Å². The first kappa shape index (κ1) is 24.9. The molecule has 202 valence electrons. The van der Waals surface area contributed by atoms with Gasteiger partial charge in [-0.3, -0.25) is 5.32 Å². The Bertz CT molecular complexity index is 1480. The molecule has 0 unspecified atom stereocenters. The minimum absolute atomic E-state index is 0.0116. The normalized spacial score (nSPS) is 20.7. The number of nitrogens with two attached hydrogens (primary N) is 1. The molecule has 1 atom stereocenters. The first-order chi connectivity index (χ1) is 18.9. The molecule has 0 bridgehead atoms. The molecule has 11 nitrogen and oxygen atoms in total. The van der Waals surface area contributed by atoms with Gasteiger partial charge in [-0.1, -0.05) is 6.58 Å². The van der Waals surface area contributed by atoms with E-state index in [1.807, 2.05) is 31.2 Å². The Balaban J connectivity index is 1.18. The third-order valence-electron chi connectivity index (χ3n) is 7.45. The van der Waals surface area contributed by atoms with Crippen LogP contribution in [-0.4, -0.2) is 52.0 Å². The number of aliphatic imine (C=N–C) groups is 1. The predicted octanol–water partition coefficient (Wildman–Crippen LogP) is 4.39. The van der Waals surface area contributed by atoms with Crippen LogP contribution in [-0.2, 0) is 15.1 Å². The number of piperidine rings is 1. The van der Waals surface area contributed by atoms with E-state index in [9.17, 15) is 4.79 Å². The second-order valence-electron chi connectivity index (χ2n) is 10.0. The average Bonchev–Trinajstić information content (AvgIpc) is 3.59. The van der Waals surface area contributed by atoms with Crippen molar-refractivity contribution in [3.63, 3.8) is 0 Å². The summed E-state index contributed by atoms with van der Waals surface area (Å²) >= 11 is 0. The van der Waals surface area contributed by atoms with Gasteiger partial charge in [-0.2, -0.15) is 0 Å². The summed E-state index contributed by atoms with van der Waals surface area (Å²) in [5, 5.41) is 2.69. The van der Waals surface area contributed by atoms with Gasteiger partial charge in [0, 0.05) is 56.4 Å². The van der Waals surface area contributed by atoms with Crippen molar-refractivity contribution in [2.24, 2.45) is 10.7 Å². The van der Waals surface area contributed by atoms with Crippen molar-refractivity contribution in [1.29, 1.82) is 0 Å². The number of anilines is 1. The molecule has 0 saturated carbocycles. The van der Waals surface area contributed by atoms with Gasteiger partial charge in [0.25, 0.3) is 0 Å². The first-order valence-corrected chi connectivity index (χ1v) is 13.1. The largest absolute Gasteiger partial charge is 0.458 e. The number of hydrogen-bond donors (Lipinski definition) is 3. The molecule has 1 aromatic carbocycles. The van der Waals surface area contributed by atoms with Gasteiger partial charge in [0.05, 0.1) is 17.4 Å². The summed E-state index contributed by atoms with van der Waals surface area (Å²) in [6.45, 7) is 8.04. The smallest absolute Gasteiger partial charge is 0.413 e. The highest BCUT2D eigenvalue weighted by molar-refractivity contribution is 5.87. The third-order valence-corrected chi connectivity index (χ3v) is 7.45. The first-order valence-electron chi connectivity index (χ1n) is 13.1. The lowest BCUT2D eigenvalue weighted by Crippen LogP contribution is -2.48. The quantitative estimate of drug-likeness (QED) is 0.185. The van der Waals surface area contributed by atoms with E-state index in [2.05, 4.69) is 31.8 Å². The van der Waals surface area contributed by atoms with Crippen molar-refractivity contribution in [3.8, 4) is 5.75 Å². The Morgan fingerprint density at radius 1 is 1.36 bits per heavy atom. The van der Waals surface area contributed by atoms with E-state index in [-0.39, 0.29) is 6.10 Å². The SMILES string of the molecule is C=C(/C=C(\N=C/N)N1CCC2(CC1)OC(=O)Nc1ncccc12)Oc1cc(C)c2nc([C@H]3CCCO3)[nH]c2c1. The van der Waals surface area contributed by atoms with Gasteiger partial charge in [-0.15, -0.1) is 0 Å². The van der Waals surface area contributed by atoms with Crippen LogP contribution >= 0.6 is 0 Å². The molecular formula is C28H31N7O4. The maximum atomic E-state index is 12.2. The zero-order valence-electron chi connectivity index (χ0n) is 21.8. The second-order valence-corrected chi connectivity index (χ2v) is 10.0. The standard InChI is InChI=1S/C28H31N7O4/c1-17-13-19(15-21-24(17)33-26(32-21)22-6-4-12-37-22)38-18(2)14-23(31-16-29)35-10-7-28(8-11-35)20-5-3-9-30-25(20)34-27(36)39-28/h3,5,9,13-16,22H,2,4,6-8,10-12H2,1H3,(H2,29,31)(H,32,33)(H,30,34,36)/b23-14+/t22-/m1/s1. The molecule has 1 amide bonds. The van der Waals surface area contributed by atoms with Crippen LogP contribution in [0.1, 0.15) is 48.7 Å². The number of imidazole rings is 1. The summed E-state index contributed by atoms with van der Waals surface area (Å²) in [6.07, 6.45) is 7.35.